The van der Waals surface area contributed by atoms with Crippen LogP contribution in [0.1, 0.15) is 185 Å². The second-order valence-corrected chi connectivity index (χ2v) is 34.2. The molecule has 766 valence electrons. The van der Waals surface area contributed by atoms with Gasteiger partial charge in [0.15, 0.2) is 0 Å². The molecule has 136 heavy (non-hydrogen) atoms. The number of nitrogens with one attached hydrogen (secondary N) is 18. The SMILES string of the molecule is CC(C)C[C@H](NC(=O)[C@H](CCCCN)NC(=O)[C@H](CC(C)C)NC(=O)[C@H](CO)NC(=O)CNC(=O)CNC(=O)[C@@H]1CCCN1C(=O)[C@H](CCC(N)=O)NC(=O)[C@@H](NC(=O)[C@H](CC(C)C)NC(=O)CNC(=O)CNC(=O)CNC(=O)[C@H](CO)NC(=O)[C@H](CCC(=O)O)NC(=O)[C@H](CCC(=O)O)NC(=O)CNC(=O)[C@H](CCC(N)=O)NC(=O)[C@@H](NC(=O)[C@@H](N)CCC(=O)O)C(C)C)C(C)C)C(=O)O. The zero-order valence-electron chi connectivity index (χ0n) is 77.9. The number of nitrogens with zero attached hydrogens (tertiary/aromatic N) is 1. The summed E-state index contributed by atoms with van der Waals surface area (Å²) in [6.07, 6.45) is -4.59. The number of hydrogen-bond acceptors (Lipinski definition) is 29. The number of nitrogens with two attached hydrogens (primary N) is 4. The van der Waals surface area contributed by atoms with Crippen molar-refractivity contribution in [2.24, 2.45) is 52.5 Å². The fraction of sp³-hybridized carbons (Fsp3) is 0.695. The molecular weight excluding hydrogens is 1800 g/mol. The minimum atomic E-state index is -1.96. The second-order valence-electron chi connectivity index (χ2n) is 34.2. The highest BCUT2D eigenvalue weighted by molar-refractivity contribution is 6.01. The Morgan fingerprint density at radius 3 is 1.07 bits per heavy atom. The van der Waals surface area contributed by atoms with Crippen molar-refractivity contribution in [2.45, 2.75) is 269 Å². The number of aliphatic hydroxyl groups excluding tert-OH is 2. The molecule has 1 saturated heterocycles. The molecule has 21 amide bonds. The van der Waals surface area contributed by atoms with E-state index in [0.717, 1.165) is 4.90 Å². The number of aliphatic carboxylic acids is 4. The number of carbonyl (C=O) groups is 25. The van der Waals surface area contributed by atoms with Gasteiger partial charge in [-0.05, 0) is 120 Å². The summed E-state index contributed by atoms with van der Waals surface area (Å²) in [5, 5.41) is 99.5. The van der Waals surface area contributed by atoms with E-state index in [1.54, 1.807) is 41.5 Å². The van der Waals surface area contributed by atoms with Crippen LogP contribution in [0.25, 0.3) is 0 Å². The number of carbonyl (C=O) groups excluding carboxylic acids is 21. The topological polar surface area (TPSA) is 872 Å². The number of likely N-dealkylation sites (tertiary alicyclic amines) is 1. The number of primary amides is 2. The monoisotopic (exact) mass is 1940 g/mol. The highest BCUT2D eigenvalue weighted by Crippen LogP contribution is 2.21. The molecule has 0 aliphatic carbocycles. The summed E-state index contributed by atoms with van der Waals surface area (Å²) in [6, 6.07) is -21.3. The maximum absolute atomic E-state index is 14.4. The minimum absolute atomic E-state index is 0.00316. The Bertz CT molecular complexity index is 4170. The van der Waals surface area contributed by atoms with Crippen LogP contribution in [0, 0.1) is 29.6 Å². The van der Waals surface area contributed by atoms with E-state index in [1.807, 2.05) is 0 Å². The van der Waals surface area contributed by atoms with E-state index in [-0.39, 0.29) is 75.8 Å². The molecule has 0 aromatic heterocycles. The fourth-order valence-corrected chi connectivity index (χ4v) is 13.1. The van der Waals surface area contributed by atoms with Gasteiger partial charge in [0.25, 0.3) is 0 Å². The first-order valence-corrected chi connectivity index (χ1v) is 44.3. The molecule has 54 heteroatoms. The Hall–Kier alpha value is -13.4. The summed E-state index contributed by atoms with van der Waals surface area (Å²) < 4.78 is 0. The van der Waals surface area contributed by atoms with Gasteiger partial charge in [0.2, 0.25) is 124 Å². The summed E-state index contributed by atoms with van der Waals surface area (Å²) in [5.74, 6) is -28.9. The van der Waals surface area contributed by atoms with E-state index in [2.05, 4.69) is 95.7 Å². The molecule has 0 aromatic rings. The molecule has 1 heterocycles. The highest BCUT2D eigenvalue weighted by Gasteiger charge is 2.42. The van der Waals surface area contributed by atoms with Crippen molar-refractivity contribution in [3.8, 4) is 0 Å². The third-order valence-electron chi connectivity index (χ3n) is 20.4. The van der Waals surface area contributed by atoms with Crippen molar-refractivity contribution in [1.82, 2.24) is 101 Å². The molecule has 0 spiro atoms. The van der Waals surface area contributed by atoms with Crippen molar-refractivity contribution in [3.63, 3.8) is 0 Å². The lowest BCUT2D eigenvalue weighted by molar-refractivity contribution is -0.143. The van der Waals surface area contributed by atoms with Gasteiger partial charge < -0.3 is 154 Å². The summed E-state index contributed by atoms with van der Waals surface area (Å²) in [4.78, 5) is 327. The van der Waals surface area contributed by atoms with Gasteiger partial charge in [0.05, 0.1) is 58.5 Å². The predicted octanol–water partition coefficient (Wildman–Crippen LogP) is -11.4. The van der Waals surface area contributed by atoms with Crippen LogP contribution < -0.4 is 119 Å². The summed E-state index contributed by atoms with van der Waals surface area (Å²) >= 11 is 0. The van der Waals surface area contributed by atoms with Gasteiger partial charge in [-0.15, -0.1) is 0 Å². The number of unbranched alkanes of at least 4 members (excludes halogenated alkanes) is 1. The maximum atomic E-state index is 14.4. The number of carboxylic acids is 4. The molecule has 0 aromatic carbocycles. The molecule has 1 aliphatic heterocycles. The van der Waals surface area contributed by atoms with E-state index < -0.39 is 355 Å². The molecule has 1 aliphatic rings. The normalized spacial score (nSPS) is 15.1. The first-order chi connectivity index (χ1) is 63.6. The maximum Gasteiger partial charge on any atom is 0.326 e. The van der Waals surface area contributed by atoms with Crippen LogP contribution in [0.3, 0.4) is 0 Å². The lowest BCUT2D eigenvalue weighted by Gasteiger charge is -2.31. The average molecular weight is 1940 g/mol. The molecule has 1 fully saturated rings. The quantitative estimate of drug-likeness (QED) is 0.0251. The van der Waals surface area contributed by atoms with Crippen molar-refractivity contribution in [3.05, 3.63) is 0 Å². The van der Waals surface area contributed by atoms with Crippen molar-refractivity contribution >= 4 is 148 Å². The first kappa shape index (κ1) is 121. The Labute approximate surface area is 783 Å². The van der Waals surface area contributed by atoms with Gasteiger partial charge in [-0.1, -0.05) is 69.2 Å². The number of aliphatic hydroxyl groups is 2. The van der Waals surface area contributed by atoms with Crippen LogP contribution in [0.4, 0.5) is 0 Å². The predicted molar refractivity (Wildman–Crippen MR) is 474 cm³/mol. The molecule has 14 atom stereocenters. The van der Waals surface area contributed by atoms with Crippen LogP contribution in [0.15, 0.2) is 0 Å². The van der Waals surface area contributed by atoms with Crippen LogP contribution in [0.2, 0.25) is 0 Å². The van der Waals surface area contributed by atoms with E-state index in [9.17, 15) is 145 Å². The number of rotatable bonds is 67. The lowest BCUT2D eigenvalue weighted by Crippen LogP contribution is -2.60. The highest BCUT2D eigenvalue weighted by atomic mass is 16.4. The van der Waals surface area contributed by atoms with E-state index in [0.29, 0.717) is 12.8 Å². The molecule has 32 N–H and O–H groups in total. The second kappa shape index (κ2) is 63.0. The van der Waals surface area contributed by atoms with E-state index >= 15 is 0 Å². The first-order valence-electron chi connectivity index (χ1n) is 44.3. The third kappa shape index (κ3) is 48.5. The Morgan fingerprint density at radius 1 is 0.324 bits per heavy atom. The molecule has 0 unspecified atom stereocenters. The Morgan fingerprint density at radius 2 is 0.632 bits per heavy atom. The van der Waals surface area contributed by atoms with E-state index in [4.69, 9.17) is 28.0 Å². The smallest absolute Gasteiger partial charge is 0.326 e. The van der Waals surface area contributed by atoms with Crippen LogP contribution in [0.5, 0.6) is 0 Å². The van der Waals surface area contributed by atoms with Gasteiger partial charge in [-0.25, -0.2) is 4.79 Å². The largest absolute Gasteiger partial charge is 0.481 e. The number of carboxylic acid groups (broad SMARTS) is 4. The van der Waals surface area contributed by atoms with Gasteiger partial charge in [0, 0.05) is 38.6 Å². The molecule has 54 nitrogen and oxygen atoms in total. The number of amides is 21. The molecule has 0 saturated carbocycles. The van der Waals surface area contributed by atoms with E-state index in [1.165, 1.54) is 27.7 Å². The fourth-order valence-electron chi connectivity index (χ4n) is 13.1. The zero-order valence-corrected chi connectivity index (χ0v) is 77.9. The van der Waals surface area contributed by atoms with Crippen molar-refractivity contribution in [1.29, 1.82) is 0 Å². The van der Waals surface area contributed by atoms with Crippen LogP contribution in [-0.4, -0.2) is 334 Å². The van der Waals surface area contributed by atoms with Gasteiger partial charge >= 0.3 is 23.9 Å². The minimum Gasteiger partial charge on any atom is -0.481 e. The van der Waals surface area contributed by atoms with Crippen molar-refractivity contribution in [2.75, 3.05) is 65.6 Å². The molecular formula is C82H137N23O31. The standard InChI is InChI=1S/C82H137N23O31/c1-39(2)28-50(76(129)104-68(43(9)10)80(133)99-49(18-22-57(86)109)81(134)105-27-13-15-55(105)78(131)92-33-60(112)89-35-62(114)95-54(38-107)77(130)100-51(29-40(3)4)75(128)96-45(14-11-12-26-83)72(125)101-52(82(135)136)30-41(5)6)94-61(113)34-88-58(110)31-87-59(111)32-90-71(124)53(37-106)102-74(127)48(20-25-66(120)121)97-73(126)47(19-24-65(118)119)93-63(115)36-91-70(123)46(17-21-56(85)108)98-79(132)67(42(7)8)103-69(122)44(84)16-23-64(116)117/h39-55,67-68,106-107H,11-38,83-84H2,1-10H3,(H2,85,108)(H2,86,109)(H,87,111)(H,88,110)(H,89,112)(H,90,124)(H,91,123)(H,92,131)(H,93,115)(H,94,113)(H,95,114)(H,96,128)(H,97,126)(H,98,132)(H,99,133)(H,100,130)(H,101,125)(H,102,127)(H,103,122)(H,104,129)(H,116,117)(H,118,119)(H,120,121)(H,135,136)/t44-,45-,46-,47-,48-,49-,50-,51-,52-,53-,54-,55-,67-,68-/m0/s1. The molecule has 0 bridgehead atoms. The van der Waals surface area contributed by atoms with Gasteiger partial charge in [-0.2, -0.15) is 0 Å². The van der Waals surface area contributed by atoms with Crippen molar-refractivity contribution < 1.29 is 151 Å². The van der Waals surface area contributed by atoms with Gasteiger partial charge in [-0.3, -0.25) is 115 Å². The Balaban J connectivity index is 3.09. The number of hydrogen-bond donors (Lipinski definition) is 28. The summed E-state index contributed by atoms with van der Waals surface area (Å²) in [6.45, 7) is 9.15. The summed E-state index contributed by atoms with van der Waals surface area (Å²) in [5.41, 5.74) is 22.1. The molecule has 0 radical (unpaired) electrons. The summed E-state index contributed by atoms with van der Waals surface area (Å²) in [7, 11) is 0. The zero-order chi connectivity index (χ0) is 104. The van der Waals surface area contributed by atoms with Crippen LogP contribution >= 0.6 is 0 Å². The van der Waals surface area contributed by atoms with Crippen LogP contribution in [-0.2, 0) is 120 Å². The molecule has 1 rings (SSSR count). The Kier molecular flexibility index (Phi) is 55.8. The third-order valence-corrected chi connectivity index (χ3v) is 20.4. The average Bonchev–Trinajstić information content (AvgIpc) is 1.65. The lowest BCUT2D eigenvalue weighted by atomic mass is 9.99. The van der Waals surface area contributed by atoms with Gasteiger partial charge in [0.1, 0.15) is 78.5 Å².